The number of nitro benzene ring substituents is 1. The number of carbonyl (C=O) groups excluding carboxylic acids is 1. The van der Waals surface area contributed by atoms with Crippen molar-refractivity contribution in [2.75, 3.05) is 0 Å². The number of benzene rings is 2. The van der Waals surface area contributed by atoms with Gasteiger partial charge in [-0.25, -0.2) is 10.4 Å². The maximum absolute atomic E-state index is 12.3. The number of aromatic amines is 1. The number of rotatable bonds is 6. The van der Waals surface area contributed by atoms with Crippen molar-refractivity contribution >= 4 is 40.6 Å². The van der Waals surface area contributed by atoms with Crippen LogP contribution in [0.25, 0.3) is 11.0 Å². The maximum Gasteiger partial charge on any atom is 0.278 e. The lowest BCUT2D eigenvalue weighted by Gasteiger charge is -2.00. The van der Waals surface area contributed by atoms with Crippen molar-refractivity contribution < 1.29 is 9.72 Å². The van der Waals surface area contributed by atoms with Crippen LogP contribution in [0.2, 0.25) is 0 Å². The van der Waals surface area contributed by atoms with E-state index >= 15 is 0 Å². The normalized spacial score (nSPS) is 11.4. The van der Waals surface area contributed by atoms with E-state index in [-0.39, 0.29) is 5.69 Å². The van der Waals surface area contributed by atoms with Crippen molar-refractivity contribution in [2.45, 2.75) is 24.3 Å². The van der Waals surface area contributed by atoms with E-state index in [4.69, 9.17) is 0 Å². The third kappa shape index (κ3) is 4.50. The molecule has 0 spiro atoms. The number of amides is 1. The molecular formula is C18H17N5O3S. The zero-order valence-electron chi connectivity index (χ0n) is 14.7. The van der Waals surface area contributed by atoms with Gasteiger partial charge >= 0.3 is 0 Å². The van der Waals surface area contributed by atoms with Gasteiger partial charge in [0.2, 0.25) is 0 Å². The Labute approximate surface area is 159 Å². The van der Waals surface area contributed by atoms with E-state index in [2.05, 4.69) is 34.3 Å². The van der Waals surface area contributed by atoms with Gasteiger partial charge in [-0.15, -0.1) is 0 Å². The molecule has 2 N–H and O–H groups in total. The lowest BCUT2D eigenvalue weighted by Crippen LogP contribution is -2.17. The number of nitro groups is 1. The molecule has 0 fully saturated rings. The fourth-order valence-electron chi connectivity index (χ4n) is 2.39. The van der Waals surface area contributed by atoms with E-state index in [1.54, 1.807) is 48.2 Å². The molecule has 0 atom stereocenters. The molecule has 3 rings (SSSR count). The van der Waals surface area contributed by atoms with E-state index in [9.17, 15) is 14.9 Å². The van der Waals surface area contributed by atoms with Crippen molar-refractivity contribution in [1.29, 1.82) is 0 Å². The zero-order chi connectivity index (χ0) is 19.4. The van der Waals surface area contributed by atoms with Gasteiger partial charge in [0.05, 0.1) is 27.7 Å². The minimum atomic E-state index is -0.498. The van der Waals surface area contributed by atoms with Crippen LogP contribution in [0, 0.1) is 10.1 Å². The monoisotopic (exact) mass is 383 g/mol. The van der Waals surface area contributed by atoms with Gasteiger partial charge < -0.3 is 4.98 Å². The smallest absolute Gasteiger partial charge is 0.278 e. The summed E-state index contributed by atoms with van der Waals surface area (Å²) in [4.78, 5) is 30.4. The molecule has 2 aromatic carbocycles. The van der Waals surface area contributed by atoms with Crippen LogP contribution in [0.5, 0.6) is 0 Å². The van der Waals surface area contributed by atoms with Crippen molar-refractivity contribution in [3.8, 4) is 0 Å². The second kappa shape index (κ2) is 8.00. The summed E-state index contributed by atoms with van der Waals surface area (Å²) in [6.07, 6.45) is 1.25. The molecule has 3 aromatic rings. The lowest BCUT2D eigenvalue weighted by molar-refractivity contribution is -0.385. The number of fused-ring (bicyclic) bond motifs is 1. The first kappa shape index (κ1) is 18.6. The molecule has 9 heteroatoms. The number of hydrazone groups is 1. The minimum absolute atomic E-state index is 0.0791. The summed E-state index contributed by atoms with van der Waals surface area (Å²) in [6.45, 7) is 4.15. The van der Waals surface area contributed by atoms with Gasteiger partial charge in [-0.3, -0.25) is 14.9 Å². The number of nitrogens with zero attached hydrogens (tertiary/aromatic N) is 3. The van der Waals surface area contributed by atoms with Crippen molar-refractivity contribution in [3.63, 3.8) is 0 Å². The molecule has 0 bridgehead atoms. The summed E-state index contributed by atoms with van der Waals surface area (Å²) in [5.41, 5.74) is 4.56. The van der Waals surface area contributed by atoms with Gasteiger partial charge in [0.15, 0.2) is 5.16 Å². The van der Waals surface area contributed by atoms with E-state index in [0.717, 1.165) is 16.2 Å². The number of imidazole rings is 1. The Balaban J connectivity index is 1.73. The highest BCUT2D eigenvalue weighted by Gasteiger charge is 2.11. The van der Waals surface area contributed by atoms with Crippen LogP contribution in [-0.2, 0) is 0 Å². The van der Waals surface area contributed by atoms with Crippen LogP contribution in [0.1, 0.15) is 29.8 Å². The van der Waals surface area contributed by atoms with Crippen LogP contribution in [-0.4, -0.2) is 32.3 Å². The quantitative estimate of drug-likeness (QED) is 0.291. The highest BCUT2D eigenvalue weighted by atomic mass is 32.2. The Morgan fingerprint density at radius 2 is 2.11 bits per heavy atom. The molecule has 0 saturated heterocycles. The van der Waals surface area contributed by atoms with E-state index in [1.165, 1.54) is 12.3 Å². The van der Waals surface area contributed by atoms with Gasteiger partial charge in [0.1, 0.15) is 0 Å². The fourth-order valence-corrected chi connectivity index (χ4v) is 3.16. The van der Waals surface area contributed by atoms with Gasteiger partial charge in [-0.2, -0.15) is 5.10 Å². The molecule has 1 aromatic heterocycles. The second-order valence-electron chi connectivity index (χ2n) is 5.96. The van der Waals surface area contributed by atoms with Crippen LogP contribution < -0.4 is 5.43 Å². The van der Waals surface area contributed by atoms with Crippen LogP contribution >= 0.6 is 11.8 Å². The van der Waals surface area contributed by atoms with E-state index in [0.29, 0.717) is 16.4 Å². The summed E-state index contributed by atoms with van der Waals surface area (Å²) in [7, 11) is 0. The average Bonchev–Trinajstić information content (AvgIpc) is 3.02. The SMILES string of the molecule is CC(C)Sc1nc2ccc(C(=O)N/N=C\c3ccccc3[N+](=O)[O-])cc2[nH]1. The van der Waals surface area contributed by atoms with Crippen LogP contribution in [0.4, 0.5) is 5.69 Å². The molecule has 0 saturated carbocycles. The minimum Gasteiger partial charge on any atom is -0.333 e. The van der Waals surface area contributed by atoms with Crippen molar-refractivity contribution in [1.82, 2.24) is 15.4 Å². The number of aromatic nitrogens is 2. The predicted molar refractivity (Wildman–Crippen MR) is 105 cm³/mol. The number of thioether (sulfide) groups is 1. The maximum atomic E-state index is 12.3. The first-order valence-electron chi connectivity index (χ1n) is 8.17. The Morgan fingerprint density at radius 3 is 2.85 bits per heavy atom. The van der Waals surface area contributed by atoms with E-state index in [1.807, 2.05) is 0 Å². The topological polar surface area (TPSA) is 113 Å². The first-order valence-corrected chi connectivity index (χ1v) is 9.05. The molecule has 8 nitrogen and oxygen atoms in total. The second-order valence-corrected chi connectivity index (χ2v) is 7.52. The molecular weight excluding hydrogens is 366 g/mol. The van der Waals surface area contributed by atoms with Gasteiger partial charge in [0, 0.05) is 16.9 Å². The number of hydrogen-bond donors (Lipinski definition) is 2. The molecule has 27 heavy (non-hydrogen) atoms. The molecule has 0 unspecified atom stereocenters. The number of carbonyl (C=O) groups is 1. The summed E-state index contributed by atoms with van der Waals surface area (Å²) < 4.78 is 0. The van der Waals surface area contributed by atoms with Gasteiger partial charge in [-0.05, 0) is 24.3 Å². The van der Waals surface area contributed by atoms with E-state index < -0.39 is 10.8 Å². The summed E-state index contributed by atoms with van der Waals surface area (Å²) in [6, 6.07) is 11.3. The van der Waals surface area contributed by atoms with Crippen molar-refractivity contribution in [2.24, 2.45) is 5.10 Å². The first-order chi connectivity index (χ1) is 12.9. The molecule has 138 valence electrons. The highest BCUT2D eigenvalue weighted by molar-refractivity contribution is 7.99. The summed E-state index contributed by atoms with van der Waals surface area (Å²) in [5, 5.41) is 16.0. The molecule has 0 aliphatic heterocycles. The van der Waals surface area contributed by atoms with Crippen molar-refractivity contribution in [3.05, 3.63) is 63.7 Å². The number of hydrogen-bond acceptors (Lipinski definition) is 6. The molecule has 0 aliphatic rings. The lowest BCUT2D eigenvalue weighted by atomic mass is 10.2. The standard InChI is InChI=1S/C18H17N5O3S/c1-11(2)27-18-20-14-8-7-12(9-15(14)21-18)17(24)22-19-10-13-5-3-4-6-16(13)23(25)26/h3-11H,1-2H3,(H,20,21)(H,22,24)/b19-10-. The Kier molecular flexibility index (Phi) is 5.51. The fraction of sp³-hybridized carbons (Fsp3) is 0.167. The highest BCUT2D eigenvalue weighted by Crippen LogP contribution is 2.23. The molecule has 0 radical (unpaired) electrons. The Hall–Kier alpha value is -3.20. The Morgan fingerprint density at radius 1 is 1.33 bits per heavy atom. The summed E-state index contributed by atoms with van der Waals surface area (Å²) >= 11 is 1.61. The number of H-pyrrole nitrogens is 1. The third-order valence-electron chi connectivity index (χ3n) is 3.57. The predicted octanol–water partition coefficient (Wildman–Crippen LogP) is 3.74. The van der Waals surface area contributed by atoms with Gasteiger partial charge in [-0.1, -0.05) is 37.7 Å². The summed E-state index contributed by atoms with van der Waals surface area (Å²) in [5.74, 6) is -0.417. The zero-order valence-corrected chi connectivity index (χ0v) is 15.5. The van der Waals surface area contributed by atoms with Crippen LogP contribution in [0.3, 0.4) is 0 Å². The molecule has 1 amide bonds. The number of nitrogens with one attached hydrogen (secondary N) is 2. The molecule has 1 heterocycles. The van der Waals surface area contributed by atoms with Gasteiger partial charge in [0.25, 0.3) is 11.6 Å². The number of para-hydroxylation sites is 1. The third-order valence-corrected chi connectivity index (χ3v) is 4.46. The Bertz CT molecular complexity index is 1030. The molecule has 0 aliphatic carbocycles. The van der Waals surface area contributed by atoms with Crippen LogP contribution in [0.15, 0.2) is 52.7 Å². The largest absolute Gasteiger partial charge is 0.333 e. The average molecular weight is 383 g/mol.